The Morgan fingerprint density at radius 2 is 1.85 bits per heavy atom. The van der Waals surface area contributed by atoms with E-state index < -0.39 is 6.04 Å². The van der Waals surface area contributed by atoms with Gasteiger partial charge in [0, 0.05) is 25.1 Å². The fraction of sp³-hybridized carbons (Fsp3) is 0.467. The Kier molecular flexibility index (Phi) is 6.03. The first kappa shape index (κ1) is 16.0. The summed E-state index contributed by atoms with van der Waals surface area (Å²) < 4.78 is 5.08. The van der Waals surface area contributed by atoms with Gasteiger partial charge in [-0.05, 0) is 24.3 Å². The van der Waals surface area contributed by atoms with Gasteiger partial charge in [0.25, 0.3) is 0 Å². The number of benzene rings is 1. The Labute approximate surface area is 119 Å². The van der Waals surface area contributed by atoms with Crippen molar-refractivity contribution in [1.82, 2.24) is 5.32 Å². The molecular formula is C15H22N2O3. The van der Waals surface area contributed by atoms with E-state index in [0.29, 0.717) is 6.42 Å². The molecule has 0 heterocycles. The molecular weight excluding hydrogens is 256 g/mol. The van der Waals surface area contributed by atoms with Gasteiger partial charge in [-0.25, -0.2) is 0 Å². The quantitative estimate of drug-likeness (QED) is 0.798. The maximum Gasteiger partial charge on any atom is 0.242 e. The standard InChI is InChI=1S/C15H22N2O3/c1-5-13(18)10(2)14(15(19)16-3)17-11-6-8-12(20-4)9-7-11/h6-10,14,17H,5H2,1-4H3,(H,16,19)/t10-,14-/m0/s1. The number of hydrogen-bond donors (Lipinski definition) is 2. The molecule has 2 N–H and O–H groups in total. The first-order chi connectivity index (χ1) is 9.53. The Bertz CT molecular complexity index is 457. The van der Waals surface area contributed by atoms with E-state index in [1.165, 1.54) is 0 Å². The van der Waals surface area contributed by atoms with Crippen LogP contribution in [0.5, 0.6) is 5.75 Å². The summed E-state index contributed by atoms with van der Waals surface area (Å²) in [6, 6.07) is 6.65. The van der Waals surface area contributed by atoms with Gasteiger partial charge in [-0.1, -0.05) is 13.8 Å². The topological polar surface area (TPSA) is 67.4 Å². The Balaban J connectivity index is 2.88. The SMILES string of the molecule is CCC(=O)[C@H](C)[C@H](Nc1ccc(OC)cc1)C(=O)NC. The molecule has 0 saturated heterocycles. The van der Waals surface area contributed by atoms with Gasteiger partial charge in [0.05, 0.1) is 7.11 Å². The van der Waals surface area contributed by atoms with E-state index in [1.54, 1.807) is 40.1 Å². The van der Waals surface area contributed by atoms with Gasteiger partial charge in [0.2, 0.25) is 5.91 Å². The van der Waals surface area contributed by atoms with Gasteiger partial charge in [-0.15, -0.1) is 0 Å². The molecule has 1 rings (SSSR count). The van der Waals surface area contributed by atoms with Crippen molar-refractivity contribution in [3.05, 3.63) is 24.3 Å². The first-order valence-corrected chi connectivity index (χ1v) is 6.68. The number of nitrogens with one attached hydrogen (secondary N) is 2. The van der Waals surface area contributed by atoms with Crippen molar-refractivity contribution in [3.8, 4) is 5.75 Å². The van der Waals surface area contributed by atoms with Crippen molar-refractivity contribution in [1.29, 1.82) is 0 Å². The monoisotopic (exact) mass is 278 g/mol. The average molecular weight is 278 g/mol. The zero-order chi connectivity index (χ0) is 15.1. The van der Waals surface area contributed by atoms with Crippen LogP contribution >= 0.6 is 0 Å². The number of Topliss-reactive ketones (excluding diaryl/α,β-unsaturated/α-hetero) is 1. The molecule has 0 aliphatic carbocycles. The number of carbonyl (C=O) groups is 2. The Hall–Kier alpha value is -2.04. The number of amides is 1. The van der Waals surface area contributed by atoms with E-state index >= 15 is 0 Å². The number of likely N-dealkylation sites (N-methyl/N-ethyl adjacent to an activating group) is 1. The van der Waals surface area contributed by atoms with Gasteiger partial charge in [-0.3, -0.25) is 9.59 Å². The third kappa shape index (κ3) is 3.98. The molecule has 0 aromatic heterocycles. The van der Waals surface area contributed by atoms with Crippen LogP contribution in [0.2, 0.25) is 0 Å². The summed E-state index contributed by atoms with van der Waals surface area (Å²) in [5, 5.41) is 5.70. The summed E-state index contributed by atoms with van der Waals surface area (Å²) >= 11 is 0. The molecule has 110 valence electrons. The lowest BCUT2D eigenvalue weighted by atomic mass is 9.94. The van der Waals surface area contributed by atoms with Crippen LogP contribution in [0.3, 0.4) is 0 Å². The van der Waals surface area contributed by atoms with Crippen LogP contribution in [0, 0.1) is 5.92 Å². The molecule has 0 spiro atoms. The summed E-state index contributed by atoms with van der Waals surface area (Å²) in [5.41, 5.74) is 0.773. The number of carbonyl (C=O) groups excluding carboxylic acids is 2. The van der Waals surface area contributed by atoms with E-state index in [-0.39, 0.29) is 17.6 Å². The minimum Gasteiger partial charge on any atom is -0.497 e. The molecule has 0 saturated carbocycles. The van der Waals surface area contributed by atoms with Gasteiger partial charge < -0.3 is 15.4 Å². The molecule has 0 radical (unpaired) electrons. The van der Waals surface area contributed by atoms with Crippen LogP contribution in [0.15, 0.2) is 24.3 Å². The molecule has 5 nitrogen and oxygen atoms in total. The molecule has 0 aliphatic heterocycles. The van der Waals surface area contributed by atoms with Crippen LogP contribution in [0.25, 0.3) is 0 Å². The molecule has 0 unspecified atom stereocenters. The third-order valence-corrected chi connectivity index (χ3v) is 3.30. The summed E-state index contributed by atoms with van der Waals surface area (Å²) in [7, 11) is 3.16. The fourth-order valence-electron chi connectivity index (χ4n) is 1.95. The predicted octanol–water partition coefficient (Wildman–Crippen LogP) is 1.84. The zero-order valence-electron chi connectivity index (χ0n) is 12.4. The van der Waals surface area contributed by atoms with Crippen LogP contribution in [-0.4, -0.2) is 31.9 Å². The average Bonchev–Trinajstić information content (AvgIpc) is 2.50. The van der Waals surface area contributed by atoms with Crippen molar-refractivity contribution in [2.45, 2.75) is 26.3 Å². The van der Waals surface area contributed by atoms with Crippen molar-refractivity contribution >= 4 is 17.4 Å². The highest BCUT2D eigenvalue weighted by molar-refractivity contribution is 5.92. The fourth-order valence-corrected chi connectivity index (χ4v) is 1.95. The predicted molar refractivity (Wildman–Crippen MR) is 78.9 cm³/mol. The number of hydrogen-bond acceptors (Lipinski definition) is 4. The molecule has 20 heavy (non-hydrogen) atoms. The van der Waals surface area contributed by atoms with Gasteiger partial charge in [0.1, 0.15) is 17.6 Å². The Morgan fingerprint density at radius 1 is 1.25 bits per heavy atom. The van der Waals surface area contributed by atoms with Gasteiger partial charge in [-0.2, -0.15) is 0 Å². The lowest BCUT2D eigenvalue weighted by Crippen LogP contribution is -2.44. The van der Waals surface area contributed by atoms with Gasteiger partial charge in [0.15, 0.2) is 0 Å². The number of ketones is 1. The molecule has 1 amide bonds. The lowest BCUT2D eigenvalue weighted by Gasteiger charge is -2.23. The number of anilines is 1. The number of ether oxygens (including phenoxy) is 1. The molecule has 5 heteroatoms. The van der Waals surface area contributed by atoms with Crippen molar-refractivity contribution in [3.63, 3.8) is 0 Å². The van der Waals surface area contributed by atoms with Crippen LogP contribution < -0.4 is 15.4 Å². The number of methoxy groups -OCH3 is 1. The van der Waals surface area contributed by atoms with E-state index in [4.69, 9.17) is 4.74 Å². The maximum atomic E-state index is 12.0. The summed E-state index contributed by atoms with van der Waals surface area (Å²) in [6.07, 6.45) is 0.416. The summed E-state index contributed by atoms with van der Waals surface area (Å²) in [6.45, 7) is 3.56. The second kappa shape index (κ2) is 7.53. The first-order valence-electron chi connectivity index (χ1n) is 6.68. The van der Waals surface area contributed by atoms with Crippen LogP contribution in [0.4, 0.5) is 5.69 Å². The molecule has 1 aromatic carbocycles. The highest BCUT2D eigenvalue weighted by Crippen LogP contribution is 2.18. The van der Waals surface area contributed by atoms with Crippen LogP contribution in [-0.2, 0) is 9.59 Å². The lowest BCUT2D eigenvalue weighted by molar-refractivity contribution is -0.128. The van der Waals surface area contributed by atoms with Crippen molar-refractivity contribution in [2.75, 3.05) is 19.5 Å². The van der Waals surface area contributed by atoms with E-state index in [1.807, 2.05) is 12.1 Å². The van der Waals surface area contributed by atoms with Crippen molar-refractivity contribution < 1.29 is 14.3 Å². The smallest absolute Gasteiger partial charge is 0.242 e. The maximum absolute atomic E-state index is 12.0. The molecule has 0 fully saturated rings. The van der Waals surface area contributed by atoms with Gasteiger partial charge >= 0.3 is 0 Å². The summed E-state index contributed by atoms with van der Waals surface area (Å²) in [5.74, 6) is 0.210. The molecule has 1 aromatic rings. The normalized spacial score (nSPS) is 13.2. The van der Waals surface area contributed by atoms with E-state index in [2.05, 4.69) is 10.6 Å². The highest BCUT2D eigenvalue weighted by Gasteiger charge is 2.28. The molecule has 2 atom stereocenters. The summed E-state index contributed by atoms with van der Waals surface area (Å²) in [4.78, 5) is 23.8. The minimum absolute atomic E-state index is 0.0552. The molecule has 0 aliphatic rings. The van der Waals surface area contributed by atoms with Crippen molar-refractivity contribution in [2.24, 2.45) is 5.92 Å². The zero-order valence-corrected chi connectivity index (χ0v) is 12.4. The number of rotatable bonds is 7. The second-order valence-corrected chi connectivity index (χ2v) is 4.57. The van der Waals surface area contributed by atoms with E-state index in [9.17, 15) is 9.59 Å². The largest absolute Gasteiger partial charge is 0.497 e. The van der Waals surface area contributed by atoms with E-state index in [0.717, 1.165) is 11.4 Å². The molecule has 0 bridgehead atoms. The van der Waals surface area contributed by atoms with Crippen LogP contribution in [0.1, 0.15) is 20.3 Å². The second-order valence-electron chi connectivity index (χ2n) is 4.57. The minimum atomic E-state index is -0.583. The highest BCUT2D eigenvalue weighted by atomic mass is 16.5. The third-order valence-electron chi connectivity index (χ3n) is 3.30. The Morgan fingerprint density at radius 3 is 2.30 bits per heavy atom.